The van der Waals surface area contributed by atoms with Crippen LogP contribution in [0.4, 0.5) is 4.39 Å². The maximum Gasteiger partial charge on any atom is 0.302 e. The average Bonchev–Trinajstić information content (AvgIpc) is 2.27. The highest BCUT2D eigenvalue weighted by molar-refractivity contribution is 5.65. The minimum absolute atomic E-state index is 0.211. The predicted octanol–water partition coefficient (Wildman–Crippen LogP) is 4.51. The van der Waals surface area contributed by atoms with E-state index >= 15 is 0 Å². The smallest absolute Gasteiger partial charge is 0.302 e. The third kappa shape index (κ3) is 12.4. The molecule has 0 aliphatic carbocycles. The summed E-state index contributed by atoms with van der Waals surface area (Å²) in [6.45, 7) is 15.0. The number of rotatable bonds is 5. The second-order valence-electron chi connectivity index (χ2n) is 3.62. The molecule has 0 heterocycles. The van der Waals surface area contributed by atoms with Gasteiger partial charge in [0.25, 0.3) is 0 Å². The highest BCUT2D eigenvalue weighted by Gasteiger charge is 1.95. The van der Waals surface area contributed by atoms with Gasteiger partial charge in [0.15, 0.2) is 0 Å². The number of hydrogen-bond donors (Lipinski definition) is 0. The van der Waals surface area contributed by atoms with Gasteiger partial charge in [-0.2, -0.15) is 0 Å². The lowest BCUT2D eigenvalue weighted by Crippen LogP contribution is -1.95. The molecule has 0 fully saturated rings. The van der Waals surface area contributed by atoms with Crippen LogP contribution in [0.1, 0.15) is 34.1 Å². The zero-order chi connectivity index (χ0) is 14.6. The molecule has 2 nitrogen and oxygen atoms in total. The molecule has 0 saturated heterocycles. The molecular weight excluding hydrogens is 231 g/mol. The fraction of sp³-hybridized carbons (Fsp3) is 0.400. The molecule has 3 heteroatoms. The summed E-state index contributed by atoms with van der Waals surface area (Å²) in [7, 11) is 0. The van der Waals surface area contributed by atoms with E-state index < -0.39 is 0 Å². The summed E-state index contributed by atoms with van der Waals surface area (Å²) in [6.07, 6.45) is 4.57. The summed E-state index contributed by atoms with van der Waals surface area (Å²) in [5, 5.41) is 0. The Bertz CT molecular complexity index is 338. The minimum Gasteiger partial charge on any atom is -0.466 e. The molecule has 0 unspecified atom stereocenters. The van der Waals surface area contributed by atoms with Crippen LogP contribution in [-0.2, 0) is 9.53 Å². The number of allylic oxidation sites excluding steroid dienone is 5. The first-order chi connectivity index (χ1) is 8.38. The van der Waals surface area contributed by atoms with Gasteiger partial charge in [0.2, 0.25) is 0 Å². The largest absolute Gasteiger partial charge is 0.466 e. The lowest BCUT2D eigenvalue weighted by atomic mass is 10.0. The number of carbonyl (C=O) groups excluding carboxylic acids is 1. The van der Waals surface area contributed by atoms with Gasteiger partial charge in [-0.05, 0) is 37.5 Å². The van der Waals surface area contributed by atoms with E-state index in [1.54, 1.807) is 6.92 Å². The summed E-state index contributed by atoms with van der Waals surface area (Å²) in [6, 6.07) is 0. The molecular formula is C15H23FO2. The van der Waals surface area contributed by atoms with Crippen molar-refractivity contribution in [2.24, 2.45) is 0 Å². The van der Waals surface area contributed by atoms with Gasteiger partial charge >= 0.3 is 5.97 Å². The van der Waals surface area contributed by atoms with Gasteiger partial charge in [-0.3, -0.25) is 4.79 Å². The third-order valence-electron chi connectivity index (χ3n) is 1.83. The van der Waals surface area contributed by atoms with Crippen molar-refractivity contribution >= 4 is 5.97 Å². The van der Waals surface area contributed by atoms with E-state index in [0.717, 1.165) is 23.1 Å². The van der Waals surface area contributed by atoms with Gasteiger partial charge < -0.3 is 4.74 Å². The van der Waals surface area contributed by atoms with Crippen molar-refractivity contribution in [1.82, 2.24) is 0 Å². The van der Waals surface area contributed by atoms with E-state index in [4.69, 9.17) is 0 Å². The molecule has 102 valence electrons. The number of esters is 1. The molecule has 0 aromatic rings. The van der Waals surface area contributed by atoms with Crippen LogP contribution in [0.3, 0.4) is 0 Å². The van der Waals surface area contributed by atoms with Crippen LogP contribution < -0.4 is 0 Å². The Morgan fingerprint density at radius 3 is 2.06 bits per heavy atom. The molecule has 0 saturated carbocycles. The Kier molecular flexibility index (Phi) is 12.3. The molecule has 0 bridgehead atoms. The first-order valence-corrected chi connectivity index (χ1v) is 5.84. The monoisotopic (exact) mass is 254 g/mol. The normalized spacial score (nSPS) is 10.6. The van der Waals surface area contributed by atoms with Gasteiger partial charge in [-0.25, -0.2) is 4.39 Å². The SMILES string of the molecule is C=C(C)/C=C(\C=C/F)C(=C)CC.CCOC(C)=O. The van der Waals surface area contributed by atoms with Crippen LogP contribution >= 0.6 is 0 Å². The predicted molar refractivity (Wildman–Crippen MR) is 74.9 cm³/mol. The van der Waals surface area contributed by atoms with Crippen LogP contribution in [0.15, 0.2) is 48.4 Å². The Balaban J connectivity index is 0. The van der Waals surface area contributed by atoms with Crippen molar-refractivity contribution in [3.05, 3.63) is 48.4 Å². The van der Waals surface area contributed by atoms with E-state index in [2.05, 4.69) is 17.9 Å². The lowest BCUT2D eigenvalue weighted by molar-refractivity contribution is -0.140. The minimum atomic E-state index is -0.211. The summed E-state index contributed by atoms with van der Waals surface area (Å²) >= 11 is 0. The highest BCUT2D eigenvalue weighted by atomic mass is 19.1. The maximum atomic E-state index is 11.9. The summed E-state index contributed by atoms with van der Waals surface area (Å²) in [5.74, 6) is -0.211. The third-order valence-corrected chi connectivity index (χ3v) is 1.83. The number of halogens is 1. The number of ether oxygens (including phenoxy) is 1. The van der Waals surface area contributed by atoms with Crippen LogP contribution in [-0.4, -0.2) is 12.6 Å². The van der Waals surface area contributed by atoms with Crippen molar-refractivity contribution in [2.45, 2.75) is 34.1 Å². The molecule has 0 radical (unpaired) electrons. The number of carbonyl (C=O) groups is 1. The van der Waals surface area contributed by atoms with Gasteiger partial charge in [-0.1, -0.05) is 31.7 Å². The quantitative estimate of drug-likeness (QED) is 0.533. The standard InChI is InChI=1S/C11H15F.C4H8O2/c1-5-10(4)11(6-7-12)8-9(2)3;1-3-6-4(2)5/h6-8H,2,4-5H2,1,3H3;3H2,1-2H3/b7-6-,11-8+;. The van der Waals surface area contributed by atoms with Crippen molar-refractivity contribution < 1.29 is 13.9 Å². The maximum absolute atomic E-state index is 11.9. The molecule has 0 amide bonds. The van der Waals surface area contributed by atoms with E-state index in [1.165, 1.54) is 13.0 Å². The summed E-state index contributed by atoms with van der Waals surface area (Å²) in [5.41, 5.74) is 2.64. The van der Waals surface area contributed by atoms with Crippen molar-refractivity contribution in [2.75, 3.05) is 6.61 Å². The van der Waals surface area contributed by atoms with E-state index in [9.17, 15) is 9.18 Å². The first-order valence-electron chi connectivity index (χ1n) is 5.84. The molecule has 0 atom stereocenters. The Hall–Kier alpha value is -1.64. The molecule has 0 aromatic heterocycles. The highest BCUT2D eigenvalue weighted by Crippen LogP contribution is 2.14. The molecule has 0 aliphatic rings. The van der Waals surface area contributed by atoms with E-state index in [1.807, 2.05) is 19.9 Å². The number of hydrogen-bond acceptors (Lipinski definition) is 2. The molecule has 0 aliphatic heterocycles. The zero-order valence-electron chi connectivity index (χ0n) is 11.8. The van der Waals surface area contributed by atoms with Crippen LogP contribution in [0.2, 0.25) is 0 Å². The first kappa shape index (κ1) is 18.7. The Morgan fingerprint density at radius 2 is 1.83 bits per heavy atom. The Morgan fingerprint density at radius 1 is 1.28 bits per heavy atom. The van der Waals surface area contributed by atoms with Gasteiger partial charge in [0.1, 0.15) is 0 Å². The van der Waals surface area contributed by atoms with E-state index in [0.29, 0.717) is 12.9 Å². The molecule has 18 heavy (non-hydrogen) atoms. The van der Waals surface area contributed by atoms with Gasteiger partial charge in [0.05, 0.1) is 12.9 Å². The molecule has 0 spiro atoms. The summed E-state index contributed by atoms with van der Waals surface area (Å²) in [4.78, 5) is 9.82. The second kappa shape index (κ2) is 11.8. The Labute approximate surface area is 110 Å². The van der Waals surface area contributed by atoms with E-state index in [-0.39, 0.29) is 5.97 Å². The van der Waals surface area contributed by atoms with Gasteiger partial charge in [-0.15, -0.1) is 0 Å². The summed E-state index contributed by atoms with van der Waals surface area (Å²) < 4.78 is 16.3. The van der Waals surface area contributed by atoms with Crippen molar-refractivity contribution in [3.8, 4) is 0 Å². The molecule has 0 rings (SSSR count). The second-order valence-corrected chi connectivity index (χ2v) is 3.62. The van der Waals surface area contributed by atoms with Gasteiger partial charge in [0, 0.05) is 6.92 Å². The van der Waals surface area contributed by atoms with Crippen molar-refractivity contribution in [3.63, 3.8) is 0 Å². The zero-order valence-corrected chi connectivity index (χ0v) is 11.8. The topological polar surface area (TPSA) is 26.3 Å². The lowest BCUT2D eigenvalue weighted by Gasteiger charge is -2.02. The van der Waals surface area contributed by atoms with Crippen LogP contribution in [0, 0.1) is 0 Å². The average molecular weight is 254 g/mol. The van der Waals surface area contributed by atoms with Crippen LogP contribution in [0.25, 0.3) is 0 Å². The van der Waals surface area contributed by atoms with Crippen LogP contribution in [0.5, 0.6) is 0 Å². The fourth-order valence-electron chi connectivity index (χ4n) is 1.01. The molecule has 0 aromatic carbocycles. The molecule has 0 N–H and O–H groups in total. The fourth-order valence-corrected chi connectivity index (χ4v) is 1.01. The van der Waals surface area contributed by atoms with Crippen molar-refractivity contribution in [1.29, 1.82) is 0 Å².